The van der Waals surface area contributed by atoms with Crippen LogP contribution in [0.5, 0.6) is 5.75 Å². The minimum absolute atomic E-state index is 0.247. The summed E-state index contributed by atoms with van der Waals surface area (Å²) in [5.74, 6) is 0.570. The van der Waals surface area contributed by atoms with Gasteiger partial charge in [0.25, 0.3) is 0 Å². The summed E-state index contributed by atoms with van der Waals surface area (Å²) < 4.78 is 5.57. The molecule has 0 bridgehead atoms. The number of aromatic nitrogens is 4. The van der Waals surface area contributed by atoms with E-state index in [9.17, 15) is 4.79 Å². The average Bonchev–Trinajstić information content (AvgIpc) is 3.43. The van der Waals surface area contributed by atoms with E-state index in [1.165, 1.54) is 0 Å². The second-order valence-electron chi connectivity index (χ2n) is 6.79. The standard InChI is InChI=1S/C20H23N5O2S2/c1-14(28-18-21-8-9-22-18)15-2-4-16(5-3-15)27-20(26)25-12-6-17(7-13-25)29-19-23-10-11-24-19/h2-5,8-11,14,17H,6-7,12-13H2,1H3,(H,21,22)(H,23,24). The number of rotatable bonds is 6. The summed E-state index contributed by atoms with van der Waals surface area (Å²) in [5.41, 5.74) is 1.15. The number of aromatic amines is 2. The number of thioether (sulfide) groups is 2. The topological polar surface area (TPSA) is 86.9 Å². The first-order valence-electron chi connectivity index (χ1n) is 9.56. The summed E-state index contributed by atoms with van der Waals surface area (Å²) in [4.78, 5) is 29.0. The predicted octanol–water partition coefficient (Wildman–Crippen LogP) is 4.74. The monoisotopic (exact) mass is 429 g/mol. The number of hydrogen-bond donors (Lipinski definition) is 2. The fraction of sp³-hybridized carbons (Fsp3) is 0.350. The van der Waals surface area contributed by atoms with Gasteiger partial charge in [-0.25, -0.2) is 14.8 Å². The molecule has 1 atom stereocenters. The van der Waals surface area contributed by atoms with Gasteiger partial charge in [0.1, 0.15) is 5.75 Å². The summed E-state index contributed by atoms with van der Waals surface area (Å²) >= 11 is 3.40. The zero-order chi connectivity index (χ0) is 20.1. The van der Waals surface area contributed by atoms with Crippen LogP contribution in [0, 0.1) is 0 Å². The molecule has 0 spiro atoms. The van der Waals surface area contributed by atoms with E-state index in [-0.39, 0.29) is 11.3 Å². The third kappa shape index (κ3) is 5.36. The van der Waals surface area contributed by atoms with E-state index in [0.29, 0.717) is 24.1 Å². The summed E-state index contributed by atoms with van der Waals surface area (Å²) in [7, 11) is 0. The fourth-order valence-electron chi connectivity index (χ4n) is 3.15. The lowest BCUT2D eigenvalue weighted by Gasteiger charge is -2.30. The Balaban J connectivity index is 1.25. The van der Waals surface area contributed by atoms with Crippen molar-refractivity contribution in [2.45, 2.75) is 40.6 Å². The molecule has 2 N–H and O–H groups in total. The molecule has 1 aliphatic heterocycles. The predicted molar refractivity (Wildman–Crippen MR) is 114 cm³/mol. The Kier molecular flexibility index (Phi) is 6.46. The number of piperidine rings is 1. The molecule has 1 amide bonds. The molecule has 2 aromatic heterocycles. The SMILES string of the molecule is CC(Sc1ncc[nH]1)c1ccc(OC(=O)N2CCC(Sc3ncc[nH]3)CC2)cc1. The molecular weight excluding hydrogens is 406 g/mol. The Morgan fingerprint density at radius 2 is 1.76 bits per heavy atom. The van der Waals surface area contributed by atoms with Crippen molar-refractivity contribution in [2.24, 2.45) is 0 Å². The van der Waals surface area contributed by atoms with Gasteiger partial charge in [0.2, 0.25) is 0 Å². The maximum Gasteiger partial charge on any atom is 0.415 e. The number of imidazole rings is 2. The highest BCUT2D eigenvalue weighted by Gasteiger charge is 2.25. The van der Waals surface area contributed by atoms with Gasteiger partial charge in [-0.1, -0.05) is 35.7 Å². The van der Waals surface area contributed by atoms with Gasteiger partial charge in [-0.05, 0) is 37.5 Å². The molecule has 3 aromatic rings. The Morgan fingerprint density at radius 1 is 1.10 bits per heavy atom. The number of H-pyrrole nitrogens is 2. The van der Waals surface area contributed by atoms with Gasteiger partial charge in [-0.3, -0.25) is 0 Å². The Hall–Kier alpha value is -2.39. The molecule has 152 valence electrons. The molecule has 3 heterocycles. The number of nitrogens with zero attached hydrogens (tertiary/aromatic N) is 3. The van der Waals surface area contributed by atoms with Gasteiger partial charge in [-0.2, -0.15) is 0 Å². The molecule has 4 rings (SSSR count). The molecule has 1 aromatic carbocycles. The van der Waals surface area contributed by atoms with Gasteiger partial charge in [0, 0.05) is 48.4 Å². The van der Waals surface area contributed by atoms with Crippen LogP contribution in [-0.2, 0) is 0 Å². The van der Waals surface area contributed by atoms with Crippen LogP contribution in [0.15, 0.2) is 59.4 Å². The van der Waals surface area contributed by atoms with Gasteiger partial charge in [0.05, 0.1) is 0 Å². The van der Waals surface area contributed by atoms with E-state index in [0.717, 1.165) is 28.7 Å². The van der Waals surface area contributed by atoms with E-state index in [1.54, 1.807) is 40.8 Å². The van der Waals surface area contributed by atoms with E-state index < -0.39 is 0 Å². The number of ether oxygens (including phenoxy) is 1. The molecule has 1 unspecified atom stereocenters. The van der Waals surface area contributed by atoms with Crippen LogP contribution in [0.2, 0.25) is 0 Å². The van der Waals surface area contributed by atoms with Crippen LogP contribution in [-0.4, -0.2) is 49.3 Å². The molecule has 0 aliphatic carbocycles. The number of benzene rings is 1. The van der Waals surface area contributed by atoms with Crippen LogP contribution < -0.4 is 4.74 Å². The van der Waals surface area contributed by atoms with Crippen LogP contribution in [0.4, 0.5) is 4.79 Å². The molecule has 9 heteroatoms. The number of hydrogen-bond acceptors (Lipinski definition) is 6. The van der Waals surface area contributed by atoms with Crippen molar-refractivity contribution in [3.63, 3.8) is 0 Å². The summed E-state index contributed by atoms with van der Waals surface area (Å²) in [6.07, 6.45) is 8.73. The van der Waals surface area contributed by atoms with E-state index >= 15 is 0 Å². The minimum Gasteiger partial charge on any atom is -0.410 e. The average molecular weight is 430 g/mol. The van der Waals surface area contributed by atoms with Crippen molar-refractivity contribution in [3.8, 4) is 5.75 Å². The zero-order valence-electron chi connectivity index (χ0n) is 16.1. The highest BCUT2D eigenvalue weighted by atomic mass is 32.2. The fourth-order valence-corrected chi connectivity index (χ4v) is 5.06. The Morgan fingerprint density at radius 3 is 2.38 bits per heavy atom. The van der Waals surface area contributed by atoms with E-state index in [1.807, 2.05) is 36.7 Å². The first-order valence-corrected chi connectivity index (χ1v) is 11.3. The molecule has 1 saturated heterocycles. The zero-order valence-corrected chi connectivity index (χ0v) is 17.7. The summed E-state index contributed by atoms with van der Waals surface area (Å²) in [6, 6.07) is 7.70. The third-order valence-corrected chi connectivity index (χ3v) is 7.09. The van der Waals surface area contributed by atoms with Crippen LogP contribution >= 0.6 is 23.5 Å². The maximum atomic E-state index is 12.5. The molecule has 0 saturated carbocycles. The van der Waals surface area contributed by atoms with Crippen LogP contribution in [0.1, 0.15) is 30.6 Å². The molecule has 1 fully saturated rings. The normalized spacial score (nSPS) is 16.0. The largest absolute Gasteiger partial charge is 0.415 e. The third-order valence-electron chi connectivity index (χ3n) is 4.77. The lowest BCUT2D eigenvalue weighted by Crippen LogP contribution is -2.40. The highest BCUT2D eigenvalue weighted by molar-refractivity contribution is 7.99. The van der Waals surface area contributed by atoms with Crippen molar-refractivity contribution < 1.29 is 9.53 Å². The summed E-state index contributed by atoms with van der Waals surface area (Å²) in [6.45, 7) is 3.53. The Labute approximate surface area is 178 Å². The number of carbonyl (C=O) groups excluding carboxylic acids is 1. The molecule has 0 radical (unpaired) electrons. The van der Waals surface area contributed by atoms with Crippen molar-refractivity contribution in [1.82, 2.24) is 24.8 Å². The minimum atomic E-state index is -0.280. The number of amides is 1. The first kappa shape index (κ1) is 19.9. The lowest BCUT2D eigenvalue weighted by atomic mass is 10.1. The molecule has 29 heavy (non-hydrogen) atoms. The van der Waals surface area contributed by atoms with Gasteiger partial charge in [0.15, 0.2) is 10.3 Å². The van der Waals surface area contributed by atoms with Gasteiger partial charge >= 0.3 is 6.09 Å². The van der Waals surface area contributed by atoms with Crippen LogP contribution in [0.3, 0.4) is 0 Å². The van der Waals surface area contributed by atoms with Gasteiger partial charge < -0.3 is 19.6 Å². The molecule has 7 nitrogen and oxygen atoms in total. The van der Waals surface area contributed by atoms with E-state index in [2.05, 4.69) is 26.9 Å². The molecular formula is C20H23N5O2S2. The maximum absolute atomic E-state index is 12.5. The van der Waals surface area contributed by atoms with Crippen molar-refractivity contribution in [1.29, 1.82) is 0 Å². The van der Waals surface area contributed by atoms with Crippen LogP contribution in [0.25, 0.3) is 0 Å². The van der Waals surface area contributed by atoms with Crippen molar-refractivity contribution in [2.75, 3.05) is 13.1 Å². The number of carbonyl (C=O) groups is 1. The highest BCUT2D eigenvalue weighted by Crippen LogP contribution is 2.33. The Bertz CT molecular complexity index is 892. The summed E-state index contributed by atoms with van der Waals surface area (Å²) in [5, 5.41) is 2.54. The second kappa shape index (κ2) is 9.41. The quantitative estimate of drug-likeness (QED) is 0.550. The molecule has 1 aliphatic rings. The van der Waals surface area contributed by atoms with Crippen molar-refractivity contribution >= 4 is 29.6 Å². The van der Waals surface area contributed by atoms with E-state index in [4.69, 9.17) is 4.74 Å². The first-order chi connectivity index (χ1) is 14.2. The number of likely N-dealkylation sites (tertiary alicyclic amines) is 1. The van der Waals surface area contributed by atoms with Crippen molar-refractivity contribution in [3.05, 3.63) is 54.6 Å². The smallest absolute Gasteiger partial charge is 0.410 e. The van der Waals surface area contributed by atoms with Gasteiger partial charge in [-0.15, -0.1) is 0 Å². The second-order valence-corrected chi connectivity index (χ2v) is 9.41. The number of nitrogens with one attached hydrogen (secondary N) is 2. The lowest BCUT2D eigenvalue weighted by molar-refractivity contribution is 0.143.